The molecule has 2 aromatic rings. The van der Waals surface area contributed by atoms with E-state index >= 15 is 0 Å². The van der Waals surface area contributed by atoms with Gasteiger partial charge < -0.3 is 10.1 Å². The van der Waals surface area contributed by atoms with E-state index in [0.29, 0.717) is 11.4 Å². The number of hydrogen-bond acceptors (Lipinski definition) is 4. The van der Waals surface area contributed by atoms with Gasteiger partial charge in [0, 0.05) is 5.69 Å². The number of carbonyl (C=O) groups is 2. The fourth-order valence-corrected chi connectivity index (χ4v) is 1.73. The third kappa shape index (κ3) is 4.96. The van der Waals surface area contributed by atoms with Gasteiger partial charge in [-0.1, -0.05) is 29.8 Å². The molecule has 6 nitrogen and oxygen atoms in total. The van der Waals surface area contributed by atoms with E-state index in [2.05, 4.69) is 15.8 Å². The first-order valence-electron chi connectivity index (χ1n) is 6.93. The topological polar surface area (TPSA) is 79.8 Å². The molecule has 6 heteroatoms. The lowest BCUT2D eigenvalue weighted by atomic mass is 10.2. The normalized spacial score (nSPS) is 10.3. The molecule has 0 aliphatic carbocycles. The summed E-state index contributed by atoms with van der Waals surface area (Å²) in [7, 11) is 1.55. The van der Waals surface area contributed by atoms with Gasteiger partial charge in [-0.2, -0.15) is 5.10 Å². The van der Waals surface area contributed by atoms with E-state index in [9.17, 15) is 9.59 Å². The van der Waals surface area contributed by atoms with Gasteiger partial charge in [-0.25, -0.2) is 5.43 Å². The molecule has 0 aliphatic rings. The largest absolute Gasteiger partial charge is 0.497 e. The zero-order valence-corrected chi connectivity index (χ0v) is 12.9. The zero-order chi connectivity index (χ0) is 16.7. The molecule has 0 aromatic heterocycles. The molecule has 0 saturated carbocycles. The highest BCUT2D eigenvalue weighted by molar-refractivity contribution is 6.39. The number of hydrogen-bond donors (Lipinski definition) is 2. The van der Waals surface area contributed by atoms with Gasteiger partial charge in [-0.15, -0.1) is 0 Å². The molecule has 2 amide bonds. The highest BCUT2D eigenvalue weighted by atomic mass is 16.5. The molecule has 0 spiro atoms. The van der Waals surface area contributed by atoms with Gasteiger partial charge in [0.1, 0.15) is 5.75 Å². The molecule has 23 heavy (non-hydrogen) atoms. The molecule has 0 radical (unpaired) electrons. The van der Waals surface area contributed by atoms with Crippen LogP contribution in [0.1, 0.15) is 11.1 Å². The molecule has 2 N–H and O–H groups in total. The fourth-order valence-electron chi connectivity index (χ4n) is 1.73. The first-order chi connectivity index (χ1) is 11.1. The number of amides is 2. The Bertz CT molecular complexity index is 707. The molecular weight excluding hydrogens is 294 g/mol. The molecule has 0 unspecified atom stereocenters. The fraction of sp³-hybridized carbons (Fsp3) is 0.118. The van der Waals surface area contributed by atoms with Crippen molar-refractivity contribution in [2.24, 2.45) is 5.10 Å². The summed E-state index contributed by atoms with van der Waals surface area (Å²) in [5.41, 5.74) is 4.63. The summed E-state index contributed by atoms with van der Waals surface area (Å²) in [6, 6.07) is 14.2. The molecule has 0 saturated heterocycles. The highest BCUT2D eigenvalue weighted by Crippen LogP contribution is 2.14. The van der Waals surface area contributed by atoms with Crippen molar-refractivity contribution in [3.05, 3.63) is 59.7 Å². The first-order valence-corrected chi connectivity index (χ1v) is 6.93. The third-order valence-electron chi connectivity index (χ3n) is 3.01. The number of hydrazone groups is 1. The van der Waals surface area contributed by atoms with Crippen LogP contribution in [0.2, 0.25) is 0 Å². The lowest BCUT2D eigenvalue weighted by Crippen LogP contribution is -2.32. The summed E-state index contributed by atoms with van der Waals surface area (Å²) < 4.78 is 5.01. The standard InChI is InChI=1S/C17H17N3O3/c1-12-3-5-13(6-4-12)11-18-20-17(22)16(21)19-14-7-9-15(23-2)10-8-14/h3-11H,1-2H3,(H,19,21)(H,20,22). The number of rotatable bonds is 4. The number of nitrogens with one attached hydrogen (secondary N) is 2. The van der Waals surface area contributed by atoms with Crippen molar-refractivity contribution in [2.75, 3.05) is 12.4 Å². The number of benzene rings is 2. The Labute approximate surface area is 134 Å². The second-order valence-corrected chi connectivity index (χ2v) is 4.79. The van der Waals surface area contributed by atoms with E-state index in [-0.39, 0.29) is 0 Å². The average molecular weight is 311 g/mol. The molecule has 0 fully saturated rings. The maximum Gasteiger partial charge on any atom is 0.329 e. The Balaban J connectivity index is 1.86. The Morgan fingerprint density at radius 3 is 2.26 bits per heavy atom. The summed E-state index contributed by atoms with van der Waals surface area (Å²) in [6.45, 7) is 1.98. The van der Waals surface area contributed by atoms with Crippen molar-refractivity contribution in [1.82, 2.24) is 5.43 Å². The van der Waals surface area contributed by atoms with Crippen LogP contribution in [0.15, 0.2) is 53.6 Å². The number of nitrogens with zero attached hydrogens (tertiary/aromatic N) is 1. The number of ether oxygens (including phenoxy) is 1. The van der Waals surface area contributed by atoms with Crippen molar-refractivity contribution in [2.45, 2.75) is 6.92 Å². The van der Waals surface area contributed by atoms with Crippen LogP contribution in [-0.4, -0.2) is 25.1 Å². The number of anilines is 1. The van der Waals surface area contributed by atoms with Crippen LogP contribution in [-0.2, 0) is 9.59 Å². The van der Waals surface area contributed by atoms with Gasteiger partial charge in [0.2, 0.25) is 0 Å². The Kier molecular flexibility index (Phi) is 5.46. The van der Waals surface area contributed by atoms with E-state index in [1.165, 1.54) is 6.21 Å². The highest BCUT2D eigenvalue weighted by Gasteiger charge is 2.12. The Hall–Kier alpha value is -3.15. The maximum atomic E-state index is 11.7. The lowest BCUT2D eigenvalue weighted by molar-refractivity contribution is -0.136. The summed E-state index contributed by atoms with van der Waals surface area (Å²) in [5.74, 6) is -0.976. The van der Waals surface area contributed by atoms with Crippen LogP contribution in [0.5, 0.6) is 5.75 Å². The van der Waals surface area contributed by atoms with Crippen LogP contribution in [0.25, 0.3) is 0 Å². The summed E-state index contributed by atoms with van der Waals surface area (Å²) in [5, 5.41) is 6.22. The van der Waals surface area contributed by atoms with E-state index in [1.807, 2.05) is 31.2 Å². The first kappa shape index (κ1) is 16.2. The number of methoxy groups -OCH3 is 1. The van der Waals surface area contributed by atoms with Crippen molar-refractivity contribution in [1.29, 1.82) is 0 Å². The smallest absolute Gasteiger partial charge is 0.329 e. The Morgan fingerprint density at radius 2 is 1.65 bits per heavy atom. The molecule has 0 aliphatic heterocycles. The molecule has 2 aromatic carbocycles. The lowest BCUT2D eigenvalue weighted by Gasteiger charge is -2.05. The summed E-state index contributed by atoms with van der Waals surface area (Å²) in [6.07, 6.45) is 1.47. The molecule has 0 atom stereocenters. The monoisotopic (exact) mass is 311 g/mol. The van der Waals surface area contributed by atoms with Gasteiger partial charge in [-0.05, 0) is 36.8 Å². The van der Waals surface area contributed by atoms with Crippen molar-refractivity contribution >= 4 is 23.7 Å². The third-order valence-corrected chi connectivity index (χ3v) is 3.01. The molecule has 118 valence electrons. The van der Waals surface area contributed by atoms with E-state index in [0.717, 1.165) is 11.1 Å². The van der Waals surface area contributed by atoms with Gasteiger partial charge >= 0.3 is 11.8 Å². The van der Waals surface area contributed by atoms with Crippen molar-refractivity contribution < 1.29 is 14.3 Å². The quantitative estimate of drug-likeness (QED) is 0.515. The molecule has 0 heterocycles. The maximum absolute atomic E-state index is 11.7. The van der Waals surface area contributed by atoms with Crippen LogP contribution in [0.4, 0.5) is 5.69 Å². The number of aryl methyl sites for hydroxylation is 1. The molecule has 0 bridgehead atoms. The van der Waals surface area contributed by atoms with Gasteiger partial charge in [0.15, 0.2) is 0 Å². The minimum absolute atomic E-state index is 0.494. The van der Waals surface area contributed by atoms with Gasteiger partial charge in [0.05, 0.1) is 13.3 Å². The number of carbonyl (C=O) groups excluding carboxylic acids is 2. The average Bonchev–Trinajstić information content (AvgIpc) is 2.57. The minimum atomic E-state index is -0.843. The SMILES string of the molecule is COc1ccc(NC(=O)C(=O)NN=Cc2ccc(C)cc2)cc1. The van der Waals surface area contributed by atoms with Gasteiger partial charge in [-0.3, -0.25) is 9.59 Å². The molecular formula is C17H17N3O3. The van der Waals surface area contributed by atoms with Crippen molar-refractivity contribution in [3.8, 4) is 5.75 Å². The minimum Gasteiger partial charge on any atom is -0.497 e. The van der Waals surface area contributed by atoms with E-state index in [4.69, 9.17) is 4.74 Å². The Morgan fingerprint density at radius 1 is 1.00 bits per heavy atom. The van der Waals surface area contributed by atoms with Crippen LogP contribution in [0.3, 0.4) is 0 Å². The van der Waals surface area contributed by atoms with Crippen molar-refractivity contribution in [3.63, 3.8) is 0 Å². The second kappa shape index (κ2) is 7.74. The zero-order valence-electron chi connectivity index (χ0n) is 12.9. The van der Waals surface area contributed by atoms with Crippen LogP contribution < -0.4 is 15.5 Å². The van der Waals surface area contributed by atoms with E-state index in [1.54, 1.807) is 31.4 Å². The van der Waals surface area contributed by atoms with E-state index < -0.39 is 11.8 Å². The molecule has 2 rings (SSSR count). The predicted octanol–water partition coefficient (Wildman–Crippen LogP) is 2.09. The van der Waals surface area contributed by atoms with Crippen LogP contribution in [0, 0.1) is 6.92 Å². The summed E-state index contributed by atoms with van der Waals surface area (Å²) >= 11 is 0. The second-order valence-electron chi connectivity index (χ2n) is 4.79. The van der Waals surface area contributed by atoms with Crippen LogP contribution >= 0.6 is 0 Å². The summed E-state index contributed by atoms with van der Waals surface area (Å²) in [4.78, 5) is 23.4. The predicted molar refractivity (Wildman–Crippen MR) is 88.5 cm³/mol. The van der Waals surface area contributed by atoms with Gasteiger partial charge in [0.25, 0.3) is 0 Å².